The molecule has 7 heteroatoms. The first kappa shape index (κ1) is 11.3. The van der Waals surface area contributed by atoms with Gasteiger partial charge in [0.05, 0.1) is 0 Å². The molecule has 0 aliphatic rings. The van der Waals surface area contributed by atoms with E-state index in [1.165, 1.54) is 0 Å². The monoisotopic (exact) mass is 352 g/mol. The molecule has 6 nitrogen and oxygen atoms in total. The Morgan fingerprint density at radius 1 is 1.83 bits per heavy atom. The largest absolute Gasteiger partial charge is 1.00 e. The standard InChI is InChI=1S/C5H7N4O2.Au/c6-4(5(10)11)1-3-2-7-9-8-3;/h4H,1,6H2,(H,10,11)(H,7,8,9);/q-1;+1/t4-;/m1./s1. The first-order valence-corrected chi connectivity index (χ1v) is 2.96. The van der Waals surface area contributed by atoms with Crippen molar-refractivity contribution in [2.24, 2.45) is 5.73 Å². The summed E-state index contributed by atoms with van der Waals surface area (Å²) in [4.78, 5) is 10.2. The van der Waals surface area contributed by atoms with Crippen LogP contribution in [0, 0.1) is 6.20 Å². The van der Waals surface area contributed by atoms with E-state index in [0.717, 1.165) is 0 Å². The Balaban J connectivity index is 0.00000121. The summed E-state index contributed by atoms with van der Waals surface area (Å²) < 4.78 is 0. The van der Waals surface area contributed by atoms with E-state index in [9.17, 15) is 4.79 Å². The van der Waals surface area contributed by atoms with Crippen molar-refractivity contribution in [3.05, 3.63) is 11.9 Å². The Hall–Kier alpha value is -0.690. The molecule has 1 heterocycles. The molecule has 0 amide bonds. The second-order valence-electron chi connectivity index (χ2n) is 2.05. The third-order valence-corrected chi connectivity index (χ3v) is 1.16. The molecule has 0 saturated heterocycles. The van der Waals surface area contributed by atoms with E-state index in [-0.39, 0.29) is 28.8 Å². The molecule has 0 radical (unpaired) electrons. The summed E-state index contributed by atoms with van der Waals surface area (Å²) in [5.74, 6) is -1.05. The van der Waals surface area contributed by atoms with Crippen molar-refractivity contribution < 1.29 is 32.3 Å². The zero-order chi connectivity index (χ0) is 8.27. The number of aromatic nitrogens is 3. The van der Waals surface area contributed by atoms with Crippen molar-refractivity contribution in [3.63, 3.8) is 0 Å². The van der Waals surface area contributed by atoms with E-state index in [4.69, 9.17) is 10.8 Å². The minimum absolute atomic E-state index is 0. The third-order valence-electron chi connectivity index (χ3n) is 1.16. The molecule has 0 aromatic carbocycles. The number of nitrogens with zero attached hydrogens (tertiary/aromatic N) is 2. The number of hydrogen-bond acceptors (Lipinski definition) is 4. The first-order valence-electron chi connectivity index (χ1n) is 2.96. The van der Waals surface area contributed by atoms with Crippen molar-refractivity contribution in [2.75, 3.05) is 0 Å². The van der Waals surface area contributed by atoms with Crippen LogP contribution in [-0.4, -0.2) is 32.5 Å². The van der Waals surface area contributed by atoms with Gasteiger partial charge in [0.25, 0.3) is 0 Å². The number of nitrogens with two attached hydrogens (primary N) is 1. The van der Waals surface area contributed by atoms with Gasteiger partial charge in [-0.3, -0.25) is 4.79 Å². The van der Waals surface area contributed by atoms with E-state index in [1.54, 1.807) is 0 Å². The minimum atomic E-state index is -1.05. The summed E-state index contributed by atoms with van der Waals surface area (Å²) >= 11 is 0. The van der Waals surface area contributed by atoms with Gasteiger partial charge in [-0.25, -0.2) is 0 Å². The summed E-state index contributed by atoms with van der Waals surface area (Å²) in [7, 11) is 0. The number of nitrogens with one attached hydrogen (secondary N) is 1. The molecular weight excluding hydrogens is 345 g/mol. The molecule has 0 bridgehead atoms. The zero-order valence-corrected chi connectivity index (χ0v) is 8.08. The van der Waals surface area contributed by atoms with Gasteiger partial charge in [-0.05, 0) is 6.42 Å². The van der Waals surface area contributed by atoms with Gasteiger partial charge < -0.3 is 27.2 Å². The van der Waals surface area contributed by atoms with Crippen LogP contribution in [0.15, 0.2) is 0 Å². The van der Waals surface area contributed by atoms with E-state index >= 15 is 0 Å². The average Bonchev–Trinajstić information content (AvgIpc) is 2.39. The summed E-state index contributed by atoms with van der Waals surface area (Å²) in [6.07, 6.45) is 2.63. The van der Waals surface area contributed by atoms with Gasteiger partial charge in [-0.1, -0.05) is 0 Å². The van der Waals surface area contributed by atoms with Gasteiger partial charge in [0, 0.05) is 0 Å². The maximum Gasteiger partial charge on any atom is 1.00 e. The van der Waals surface area contributed by atoms with Crippen LogP contribution in [0.3, 0.4) is 0 Å². The number of aromatic amines is 1. The molecule has 1 rings (SSSR count). The number of carbonyl (C=O) groups is 1. The van der Waals surface area contributed by atoms with Crippen LogP contribution in [0.25, 0.3) is 0 Å². The van der Waals surface area contributed by atoms with Crippen molar-refractivity contribution in [1.29, 1.82) is 0 Å². The molecule has 12 heavy (non-hydrogen) atoms. The summed E-state index contributed by atoms with van der Waals surface area (Å²) in [5.41, 5.74) is 5.71. The summed E-state index contributed by atoms with van der Waals surface area (Å²) in [6.45, 7) is 0. The Bertz CT molecular complexity index is 238. The zero-order valence-electron chi connectivity index (χ0n) is 5.91. The maximum absolute atomic E-state index is 10.2. The average molecular weight is 352 g/mol. The first-order chi connectivity index (χ1) is 5.20. The van der Waals surface area contributed by atoms with Gasteiger partial charge in [0.2, 0.25) is 0 Å². The Morgan fingerprint density at radius 3 is 2.92 bits per heavy atom. The molecule has 0 saturated carbocycles. The number of carboxylic acid groups (broad SMARTS) is 1. The van der Waals surface area contributed by atoms with Crippen LogP contribution in [0.2, 0.25) is 0 Å². The second kappa shape index (κ2) is 5.04. The van der Waals surface area contributed by atoms with E-state index in [1.807, 2.05) is 0 Å². The van der Waals surface area contributed by atoms with Gasteiger partial charge in [0.15, 0.2) is 0 Å². The Labute approximate surface area is 84.0 Å². The van der Waals surface area contributed by atoms with Crippen LogP contribution in [0.4, 0.5) is 0 Å². The van der Waals surface area contributed by atoms with E-state index in [0.29, 0.717) is 5.69 Å². The van der Waals surface area contributed by atoms with Gasteiger partial charge >= 0.3 is 28.3 Å². The number of hydrogen-bond donors (Lipinski definition) is 3. The number of H-pyrrole nitrogens is 1. The van der Waals surface area contributed by atoms with Crippen LogP contribution in [-0.2, 0) is 33.6 Å². The molecular formula is C5H7AuN4O2. The summed E-state index contributed by atoms with van der Waals surface area (Å²) in [5, 5.41) is 17.6. The van der Waals surface area contributed by atoms with Gasteiger partial charge in [-0.2, -0.15) is 0 Å². The summed E-state index contributed by atoms with van der Waals surface area (Å²) in [6, 6.07) is -0.923. The smallest absolute Gasteiger partial charge is 0.480 e. The van der Waals surface area contributed by atoms with E-state index in [2.05, 4.69) is 21.6 Å². The molecule has 1 aromatic rings. The molecule has 70 valence electrons. The third kappa shape index (κ3) is 3.14. The van der Waals surface area contributed by atoms with Crippen LogP contribution < -0.4 is 5.73 Å². The molecule has 0 spiro atoms. The second-order valence-corrected chi connectivity index (χ2v) is 2.05. The van der Waals surface area contributed by atoms with Crippen LogP contribution in [0.1, 0.15) is 5.69 Å². The minimum Gasteiger partial charge on any atom is -0.480 e. The number of carboxylic acids is 1. The predicted octanol–water partition coefficient (Wildman–Crippen LogP) is -1.44. The quantitative estimate of drug-likeness (QED) is 0.456. The molecule has 0 aliphatic carbocycles. The van der Waals surface area contributed by atoms with Crippen molar-refractivity contribution in [2.45, 2.75) is 12.5 Å². The van der Waals surface area contributed by atoms with E-state index < -0.39 is 12.0 Å². The van der Waals surface area contributed by atoms with Gasteiger partial charge in [-0.15, -0.1) is 10.9 Å². The van der Waals surface area contributed by atoms with Crippen LogP contribution in [0.5, 0.6) is 0 Å². The Morgan fingerprint density at radius 2 is 2.50 bits per heavy atom. The molecule has 1 aromatic heterocycles. The van der Waals surface area contributed by atoms with Gasteiger partial charge in [0.1, 0.15) is 6.04 Å². The fourth-order valence-corrected chi connectivity index (χ4v) is 0.594. The fourth-order valence-electron chi connectivity index (χ4n) is 0.594. The number of rotatable bonds is 3. The SMILES string of the molecule is N[C@H](Cc1[c-]nn[nH]1)C(=O)O.[Au+]. The topological polar surface area (TPSA) is 105 Å². The van der Waals surface area contributed by atoms with Crippen LogP contribution >= 0.6 is 0 Å². The molecule has 0 unspecified atom stereocenters. The van der Waals surface area contributed by atoms with Crippen molar-refractivity contribution >= 4 is 5.97 Å². The van der Waals surface area contributed by atoms with Crippen molar-refractivity contribution in [3.8, 4) is 0 Å². The predicted molar refractivity (Wildman–Crippen MR) is 34.5 cm³/mol. The molecule has 1 atom stereocenters. The molecule has 0 aliphatic heterocycles. The molecule has 0 fully saturated rings. The Kier molecular flexibility index (Phi) is 4.75. The number of aliphatic carboxylic acids is 1. The van der Waals surface area contributed by atoms with Crippen molar-refractivity contribution in [1.82, 2.24) is 15.4 Å². The maximum atomic E-state index is 10.2. The molecule has 4 N–H and O–H groups in total. The normalized spacial score (nSPS) is 11.8. The fraction of sp³-hybridized carbons (Fsp3) is 0.400.